The van der Waals surface area contributed by atoms with Gasteiger partial charge in [-0.2, -0.15) is 0 Å². The number of pyridine rings is 1. The molecule has 92 valence electrons. The number of hydrogen-bond acceptors (Lipinski definition) is 4. The summed E-state index contributed by atoms with van der Waals surface area (Å²) in [6, 6.07) is 9.24. The maximum atomic E-state index is 13.3. The lowest BCUT2D eigenvalue weighted by atomic mass is 10.2. The van der Waals surface area contributed by atoms with Crippen LogP contribution in [0, 0.1) is 15.9 Å². The molecular weight excluding hydrogens is 237 g/mol. The molecule has 0 atom stereocenters. The quantitative estimate of drug-likeness (QED) is 0.666. The van der Waals surface area contributed by atoms with Gasteiger partial charge in [0.25, 0.3) is 0 Å². The first-order valence-electron chi connectivity index (χ1n) is 5.24. The molecule has 0 saturated heterocycles. The highest BCUT2D eigenvalue weighted by Crippen LogP contribution is 2.13. The van der Waals surface area contributed by atoms with E-state index in [0.29, 0.717) is 17.8 Å². The van der Waals surface area contributed by atoms with Gasteiger partial charge in [-0.05, 0) is 22.0 Å². The molecule has 0 fully saturated rings. The van der Waals surface area contributed by atoms with Gasteiger partial charge in [0.15, 0.2) is 6.20 Å². The van der Waals surface area contributed by atoms with E-state index in [0.717, 1.165) is 0 Å². The van der Waals surface area contributed by atoms with Crippen LogP contribution >= 0.6 is 0 Å². The summed E-state index contributed by atoms with van der Waals surface area (Å²) in [6.45, 7) is 0.298. The van der Waals surface area contributed by atoms with Crippen LogP contribution in [0.25, 0.3) is 0 Å². The third-order valence-electron chi connectivity index (χ3n) is 2.38. The van der Waals surface area contributed by atoms with Gasteiger partial charge >= 0.3 is 5.82 Å². The fourth-order valence-electron chi connectivity index (χ4n) is 1.44. The third kappa shape index (κ3) is 2.79. The van der Waals surface area contributed by atoms with Gasteiger partial charge in [0, 0.05) is 18.2 Å². The van der Waals surface area contributed by atoms with Crippen molar-refractivity contribution in [3.8, 4) is 0 Å². The molecule has 6 heteroatoms. The van der Waals surface area contributed by atoms with Gasteiger partial charge in [-0.3, -0.25) is 0 Å². The Bertz CT molecular complexity index is 558. The van der Waals surface area contributed by atoms with Gasteiger partial charge < -0.3 is 15.4 Å². The fourth-order valence-corrected chi connectivity index (χ4v) is 1.44. The SMILES string of the molecule is O=[N+]([O-])c1ccc(NCc2ccccc2F)cn1. The summed E-state index contributed by atoms with van der Waals surface area (Å²) in [5, 5.41) is 13.4. The maximum absolute atomic E-state index is 13.3. The van der Waals surface area contributed by atoms with E-state index in [1.807, 2.05) is 0 Å². The normalized spacial score (nSPS) is 10.1. The molecule has 0 radical (unpaired) electrons. The standard InChI is InChI=1S/C12H10FN3O2/c13-11-4-2-1-3-9(11)7-14-10-5-6-12(15-8-10)16(17)18/h1-6,8,14H,7H2. The summed E-state index contributed by atoms with van der Waals surface area (Å²) in [7, 11) is 0. The zero-order valence-electron chi connectivity index (χ0n) is 9.34. The predicted molar refractivity (Wildman–Crippen MR) is 64.6 cm³/mol. The van der Waals surface area contributed by atoms with Crippen LogP contribution in [-0.4, -0.2) is 9.91 Å². The van der Waals surface area contributed by atoms with Crippen molar-refractivity contribution in [2.75, 3.05) is 5.32 Å². The van der Waals surface area contributed by atoms with E-state index in [2.05, 4.69) is 10.3 Å². The van der Waals surface area contributed by atoms with E-state index < -0.39 is 4.92 Å². The molecule has 2 aromatic rings. The summed E-state index contributed by atoms with van der Waals surface area (Å²) in [5.41, 5.74) is 1.12. The zero-order valence-corrected chi connectivity index (χ0v) is 9.34. The lowest BCUT2D eigenvalue weighted by molar-refractivity contribution is -0.389. The minimum atomic E-state index is -0.569. The Morgan fingerprint density at radius 3 is 2.67 bits per heavy atom. The van der Waals surface area contributed by atoms with Crippen LogP contribution in [0.3, 0.4) is 0 Å². The topological polar surface area (TPSA) is 68.1 Å². The molecule has 1 heterocycles. The monoisotopic (exact) mass is 247 g/mol. The van der Waals surface area contributed by atoms with Crippen molar-refractivity contribution in [2.24, 2.45) is 0 Å². The number of benzene rings is 1. The maximum Gasteiger partial charge on any atom is 0.363 e. The van der Waals surface area contributed by atoms with Crippen molar-refractivity contribution in [3.05, 3.63) is 64.1 Å². The lowest BCUT2D eigenvalue weighted by Crippen LogP contribution is -2.02. The Morgan fingerprint density at radius 1 is 1.28 bits per heavy atom. The first kappa shape index (κ1) is 12.0. The highest BCUT2D eigenvalue weighted by Gasteiger charge is 2.06. The summed E-state index contributed by atoms with van der Waals surface area (Å²) in [4.78, 5) is 13.5. The molecular formula is C12H10FN3O2. The number of nitrogens with zero attached hydrogens (tertiary/aromatic N) is 2. The molecule has 0 unspecified atom stereocenters. The Labute approximate surface area is 102 Å². The molecule has 5 nitrogen and oxygen atoms in total. The number of hydrogen-bond donors (Lipinski definition) is 1. The van der Waals surface area contributed by atoms with Crippen molar-refractivity contribution in [1.29, 1.82) is 0 Å². The Balaban J connectivity index is 2.02. The predicted octanol–water partition coefficient (Wildman–Crippen LogP) is 2.74. The molecule has 1 N–H and O–H groups in total. The molecule has 0 bridgehead atoms. The van der Waals surface area contributed by atoms with Crippen molar-refractivity contribution in [2.45, 2.75) is 6.54 Å². The van der Waals surface area contributed by atoms with Crippen molar-refractivity contribution >= 4 is 11.5 Å². The molecule has 18 heavy (non-hydrogen) atoms. The zero-order chi connectivity index (χ0) is 13.0. The van der Waals surface area contributed by atoms with Gasteiger partial charge in [0.2, 0.25) is 0 Å². The van der Waals surface area contributed by atoms with Gasteiger partial charge in [-0.1, -0.05) is 18.2 Å². The molecule has 2 rings (SSSR count). The van der Waals surface area contributed by atoms with E-state index in [-0.39, 0.29) is 11.6 Å². The van der Waals surface area contributed by atoms with Gasteiger partial charge in [0.1, 0.15) is 5.82 Å². The molecule has 1 aromatic carbocycles. The summed E-state index contributed by atoms with van der Waals surface area (Å²) in [6.07, 6.45) is 1.35. The van der Waals surface area contributed by atoms with Crippen LogP contribution in [0.4, 0.5) is 15.9 Å². The Hall–Kier alpha value is -2.50. The Morgan fingerprint density at radius 2 is 2.06 bits per heavy atom. The second-order valence-corrected chi connectivity index (χ2v) is 3.61. The first-order chi connectivity index (χ1) is 8.66. The molecule has 0 saturated carbocycles. The number of anilines is 1. The van der Waals surface area contributed by atoms with Gasteiger partial charge in [-0.15, -0.1) is 0 Å². The largest absolute Gasteiger partial charge is 0.378 e. The van der Waals surface area contributed by atoms with E-state index in [4.69, 9.17) is 0 Å². The number of nitro groups is 1. The molecule has 0 spiro atoms. The van der Waals surface area contributed by atoms with Crippen LogP contribution in [0.5, 0.6) is 0 Å². The minimum Gasteiger partial charge on any atom is -0.378 e. The molecule has 1 aromatic heterocycles. The van der Waals surface area contributed by atoms with Crippen molar-refractivity contribution in [1.82, 2.24) is 4.98 Å². The van der Waals surface area contributed by atoms with Crippen molar-refractivity contribution < 1.29 is 9.31 Å². The van der Waals surface area contributed by atoms with Crippen LogP contribution in [0.15, 0.2) is 42.6 Å². The lowest BCUT2D eigenvalue weighted by Gasteiger charge is -2.05. The van der Waals surface area contributed by atoms with E-state index in [9.17, 15) is 14.5 Å². The number of nitrogens with one attached hydrogen (secondary N) is 1. The molecule has 0 aliphatic heterocycles. The molecule has 0 amide bonds. The summed E-state index contributed by atoms with van der Waals surface area (Å²) >= 11 is 0. The van der Waals surface area contributed by atoms with E-state index >= 15 is 0 Å². The average Bonchev–Trinajstić information content (AvgIpc) is 2.38. The summed E-state index contributed by atoms with van der Waals surface area (Å²) < 4.78 is 13.3. The van der Waals surface area contributed by atoms with Crippen LogP contribution in [0.2, 0.25) is 0 Å². The number of halogens is 1. The van der Waals surface area contributed by atoms with E-state index in [1.165, 1.54) is 24.4 Å². The highest BCUT2D eigenvalue weighted by molar-refractivity contribution is 5.44. The molecule has 0 aliphatic carbocycles. The second-order valence-electron chi connectivity index (χ2n) is 3.61. The highest BCUT2D eigenvalue weighted by atomic mass is 19.1. The Kier molecular flexibility index (Phi) is 3.47. The van der Waals surface area contributed by atoms with Crippen LogP contribution < -0.4 is 5.32 Å². The smallest absolute Gasteiger partial charge is 0.363 e. The first-order valence-corrected chi connectivity index (χ1v) is 5.24. The van der Waals surface area contributed by atoms with Gasteiger partial charge in [-0.25, -0.2) is 4.39 Å². The summed E-state index contributed by atoms with van der Waals surface area (Å²) in [5.74, 6) is -0.508. The van der Waals surface area contributed by atoms with Crippen LogP contribution in [0.1, 0.15) is 5.56 Å². The fraction of sp³-hybridized carbons (Fsp3) is 0.0833. The van der Waals surface area contributed by atoms with Crippen LogP contribution in [-0.2, 0) is 6.54 Å². The number of rotatable bonds is 4. The number of aromatic nitrogens is 1. The third-order valence-corrected chi connectivity index (χ3v) is 2.38. The minimum absolute atomic E-state index is 0.216. The van der Waals surface area contributed by atoms with Gasteiger partial charge in [0.05, 0.1) is 5.69 Å². The van der Waals surface area contributed by atoms with E-state index in [1.54, 1.807) is 18.2 Å². The average molecular weight is 247 g/mol. The van der Waals surface area contributed by atoms with Crippen molar-refractivity contribution in [3.63, 3.8) is 0 Å². The molecule has 0 aliphatic rings. The second kappa shape index (κ2) is 5.22.